The predicted octanol–water partition coefficient (Wildman–Crippen LogP) is 3.82. The zero-order valence-corrected chi connectivity index (χ0v) is 13.6. The second-order valence-corrected chi connectivity index (χ2v) is 5.75. The molecule has 0 aliphatic carbocycles. The smallest absolute Gasteiger partial charge is 0.274 e. The first-order valence-electron chi connectivity index (χ1n) is 7.27. The van der Waals surface area contributed by atoms with E-state index < -0.39 is 0 Å². The number of aromatic hydroxyl groups is 1. The third kappa shape index (κ3) is 2.87. The normalized spacial score (nSPS) is 10.9. The Hall–Kier alpha value is -2.53. The summed E-state index contributed by atoms with van der Waals surface area (Å²) in [5.74, 6) is -0.314. The molecule has 0 aliphatic rings. The van der Waals surface area contributed by atoms with Crippen molar-refractivity contribution in [1.29, 1.82) is 0 Å². The Bertz CT molecular complexity index is 902. The predicted molar refractivity (Wildman–Crippen MR) is 90.4 cm³/mol. The highest BCUT2D eigenvalue weighted by Crippen LogP contribution is 2.25. The third-order valence-corrected chi connectivity index (χ3v) is 3.83. The van der Waals surface area contributed by atoms with Crippen molar-refractivity contribution in [3.63, 3.8) is 0 Å². The van der Waals surface area contributed by atoms with E-state index in [9.17, 15) is 9.90 Å². The molecular formula is C17H16ClN3O2. The molecule has 0 spiro atoms. The number of aromatic nitrogens is 2. The number of nitrogens with zero attached hydrogens (tertiary/aromatic N) is 2. The highest BCUT2D eigenvalue weighted by Gasteiger charge is 2.19. The number of halogens is 1. The number of hydrogen-bond acceptors (Lipinski definition) is 3. The van der Waals surface area contributed by atoms with E-state index in [0.29, 0.717) is 34.2 Å². The van der Waals surface area contributed by atoms with E-state index in [0.717, 1.165) is 5.56 Å². The maximum atomic E-state index is 12.7. The summed E-state index contributed by atoms with van der Waals surface area (Å²) < 4.78 is 1.67. The molecule has 0 aliphatic heterocycles. The largest absolute Gasteiger partial charge is 0.506 e. The summed E-state index contributed by atoms with van der Waals surface area (Å²) in [6.07, 6.45) is 2.27. The molecule has 118 valence electrons. The summed E-state index contributed by atoms with van der Waals surface area (Å²) in [6, 6.07) is 8.54. The molecule has 0 fully saturated rings. The van der Waals surface area contributed by atoms with Crippen molar-refractivity contribution in [3.05, 3.63) is 58.5 Å². The van der Waals surface area contributed by atoms with Crippen molar-refractivity contribution in [2.75, 3.05) is 5.32 Å². The molecule has 1 amide bonds. The van der Waals surface area contributed by atoms with Crippen LogP contribution in [0.2, 0.25) is 5.02 Å². The Morgan fingerprint density at radius 2 is 2.13 bits per heavy atom. The van der Waals surface area contributed by atoms with Gasteiger partial charge in [-0.3, -0.25) is 9.20 Å². The molecule has 2 N–H and O–H groups in total. The minimum absolute atomic E-state index is 0.0221. The molecule has 5 nitrogen and oxygen atoms in total. The van der Waals surface area contributed by atoms with Crippen LogP contribution in [0.1, 0.15) is 28.7 Å². The number of phenolic OH excluding ortho intramolecular Hbond substituents is 1. The van der Waals surface area contributed by atoms with Gasteiger partial charge in [0, 0.05) is 6.20 Å². The third-order valence-electron chi connectivity index (χ3n) is 3.60. The summed E-state index contributed by atoms with van der Waals surface area (Å²) in [7, 11) is 0. The Morgan fingerprint density at radius 1 is 1.35 bits per heavy atom. The van der Waals surface area contributed by atoms with Gasteiger partial charge in [0.05, 0.1) is 16.4 Å². The fourth-order valence-corrected chi connectivity index (χ4v) is 2.65. The van der Waals surface area contributed by atoms with E-state index in [-0.39, 0.29) is 11.7 Å². The monoisotopic (exact) mass is 329 g/mol. The zero-order chi connectivity index (χ0) is 16.6. The Balaban J connectivity index is 2.06. The Kier molecular flexibility index (Phi) is 3.96. The van der Waals surface area contributed by atoms with Gasteiger partial charge in [0.15, 0.2) is 0 Å². The first kappa shape index (κ1) is 15.4. The Morgan fingerprint density at radius 3 is 2.87 bits per heavy atom. The Labute approximate surface area is 138 Å². The molecule has 0 radical (unpaired) electrons. The standard InChI is InChI=1S/C17H16ClN3O2/c1-3-12-16(21-9-11(18)5-7-15(21)19-12)17(23)20-13-8-10(2)4-6-14(13)22/h4-9,22H,3H2,1-2H3,(H,20,23). The molecule has 0 bridgehead atoms. The van der Waals surface area contributed by atoms with Crippen LogP contribution in [-0.4, -0.2) is 20.4 Å². The van der Waals surface area contributed by atoms with E-state index in [1.807, 2.05) is 13.8 Å². The van der Waals surface area contributed by atoms with E-state index in [4.69, 9.17) is 11.6 Å². The van der Waals surface area contributed by atoms with Crippen LogP contribution in [0, 0.1) is 6.92 Å². The lowest BCUT2D eigenvalue weighted by atomic mass is 10.2. The van der Waals surface area contributed by atoms with E-state index in [1.54, 1.807) is 40.9 Å². The molecule has 23 heavy (non-hydrogen) atoms. The quantitative estimate of drug-likeness (QED) is 0.718. The minimum Gasteiger partial charge on any atom is -0.506 e. The van der Waals surface area contributed by atoms with Crippen LogP contribution in [0.15, 0.2) is 36.5 Å². The number of aryl methyl sites for hydroxylation is 2. The van der Waals surface area contributed by atoms with Crippen LogP contribution in [0.25, 0.3) is 5.65 Å². The SMILES string of the molecule is CCc1nc2ccc(Cl)cn2c1C(=O)Nc1cc(C)ccc1O. The topological polar surface area (TPSA) is 66.6 Å². The molecule has 0 atom stereocenters. The van der Waals surface area contributed by atoms with E-state index >= 15 is 0 Å². The number of pyridine rings is 1. The van der Waals surface area contributed by atoms with E-state index in [1.165, 1.54) is 0 Å². The maximum absolute atomic E-state index is 12.7. The second kappa shape index (κ2) is 5.93. The lowest BCUT2D eigenvalue weighted by Gasteiger charge is -2.09. The van der Waals surface area contributed by atoms with Crippen LogP contribution >= 0.6 is 11.6 Å². The minimum atomic E-state index is -0.336. The van der Waals surface area contributed by atoms with Gasteiger partial charge < -0.3 is 10.4 Å². The van der Waals surface area contributed by atoms with Gasteiger partial charge in [0.25, 0.3) is 5.91 Å². The summed E-state index contributed by atoms with van der Waals surface area (Å²) in [5, 5.41) is 13.2. The number of rotatable bonds is 3. The average molecular weight is 330 g/mol. The molecule has 2 aromatic heterocycles. The van der Waals surface area contributed by atoms with Gasteiger partial charge >= 0.3 is 0 Å². The van der Waals surface area contributed by atoms with Gasteiger partial charge in [-0.2, -0.15) is 0 Å². The first-order valence-corrected chi connectivity index (χ1v) is 7.65. The highest BCUT2D eigenvalue weighted by molar-refractivity contribution is 6.30. The zero-order valence-electron chi connectivity index (χ0n) is 12.8. The van der Waals surface area contributed by atoms with Crippen LogP contribution in [0.5, 0.6) is 5.75 Å². The summed E-state index contributed by atoms with van der Waals surface area (Å²) >= 11 is 6.03. The van der Waals surface area contributed by atoms with Gasteiger partial charge in [-0.15, -0.1) is 0 Å². The number of hydrogen-bond donors (Lipinski definition) is 2. The van der Waals surface area contributed by atoms with E-state index in [2.05, 4.69) is 10.3 Å². The number of benzene rings is 1. The number of carbonyl (C=O) groups is 1. The lowest BCUT2D eigenvalue weighted by molar-refractivity contribution is 0.102. The fourth-order valence-electron chi connectivity index (χ4n) is 2.49. The van der Waals surface area contributed by atoms with Gasteiger partial charge in [-0.25, -0.2) is 4.98 Å². The molecule has 6 heteroatoms. The summed E-state index contributed by atoms with van der Waals surface area (Å²) in [6.45, 7) is 3.82. The van der Waals surface area contributed by atoms with Crippen LogP contribution in [0.4, 0.5) is 5.69 Å². The summed E-state index contributed by atoms with van der Waals surface area (Å²) in [5.41, 5.74) is 3.07. The molecule has 3 rings (SSSR count). The van der Waals surface area contributed by atoms with Crippen molar-refractivity contribution in [1.82, 2.24) is 9.38 Å². The second-order valence-electron chi connectivity index (χ2n) is 5.31. The van der Waals surface area contributed by atoms with Gasteiger partial charge in [0.1, 0.15) is 17.1 Å². The molecular weight excluding hydrogens is 314 g/mol. The number of nitrogens with one attached hydrogen (secondary N) is 1. The summed E-state index contributed by atoms with van der Waals surface area (Å²) in [4.78, 5) is 17.2. The number of carbonyl (C=O) groups excluding carboxylic acids is 1. The number of imidazole rings is 1. The molecule has 3 aromatic rings. The van der Waals surface area contributed by atoms with Gasteiger partial charge in [0.2, 0.25) is 0 Å². The van der Waals surface area contributed by atoms with Gasteiger partial charge in [-0.1, -0.05) is 24.6 Å². The molecule has 0 unspecified atom stereocenters. The number of phenols is 1. The van der Waals surface area contributed by atoms with Crippen LogP contribution < -0.4 is 5.32 Å². The fraction of sp³-hybridized carbons (Fsp3) is 0.176. The molecule has 2 heterocycles. The average Bonchev–Trinajstić information content (AvgIpc) is 2.88. The van der Waals surface area contributed by atoms with Crippen molar-refractivity contribution < 1.29 is 9.90 Å². The number of anilines is 1. The number of fused-ring (bicyclic) bond motifs is 1. The van der Waals surface area contributed by atoms with Crippen molar-refractivity contribution in [2.24, 2.45) is 0 Å². The van der Waals surface area contributed by atoms with Crippen molar-refractivity contribution >= 4 is 28.8 Å². The first-order chi connectivity index (χ1) is 11.0. The number of amides is 1. The maximum Gasteiger partial charge on any atom is 0.274 e. The molecule has 1 aromatic carbocycles. The van der Waals surface area contributed by atoms with Gasteiger partial charge in [-0.05, 0) is 43.2 Å². The van der Waals surface area contributed by atoms with Crippen LogP contribution in [-0.2, 0) is 6.42 Å². The molecule has 0 saturated carbocycles. The highest BCUT2D eigenvalue weighted by atomic mass is 35.5. The molecule has 0 saturated heterocycles. The van der Waals surface area contributed by atoms with Crippen LogP contribution in [0.3, 0.4) is 0 Å². The van der Waals surface area contributed by atoms with Crippen molar-refractivity contribution in [3.8, 4) is 5.75 Å². The van der Waals surface area contributed by atoms with Crippen molar-refractivity contribution in [2.45, 2.75) is 20.3 Å². The lowest BCUT2D eigenvalue weighted by Crippen LogP contribution is -2.16.